The quantitative estimate of drug-likeness (QED) is 0.667. The lowest BCUT2D eigenvalue weighted by Gasteiger charge is -2.15. The first-order chi connectivity index (χ1) is 11.5. The summed E-state index contributed by atoms with van der Waals surface area (Å²) >= 11 is 0. The number of amides is 1. The van der Waals surface area contributed by atoms with Crippen molar-refractivity contribution in [3.8, 4) is 17.2 Å². The van der Waals surface area contributed by atoms with Crippen molar-refractivity contribution in [3.63, 3.8) is 0 Å². The summed E-state index contributed by atoms with van der Waals surface area (Å²) in [5, 5.41) is 11.6. The molecule has 0 spiro atoms. The Labute approximate surface area is 141 Å². The molecule has 0 saturated carbocycles. The fourth-order valence-corrected chi connectivity index (χ4v) is 2.16. The predicted molar refractivity (Wildman–Crippen MR) is 88.8 cm³/mol. The SMILES string of the molecule is C/C=C/CC(NC(=O)Cc1cc(OC)c(OC)c(OC)c1)C(=O)O. The van der Waals surface area contributed by atoms with Crippen LogP contribution in [0.15, 0.2) is 24.3 Å². The third kappa shape index (κ3) is 5.19. The molecule has 7 heteroatoms. The van der Waals surface area contributed by atoms with Crippen LogP contribution in [0.4, 0.5) is 0 Å². The summed E-state index contributed by atoms with van der Waals surface area (Å²) in [4.78, 5) is 23.3. The zero-order valence-electron chi connectivity index (χ0n) is 14.3. The molecule has 0 saturated heterocycles. The number of hydrogen-bond acceptors (Lipinski definition) is 5. The van der Waals surface area contributed by atoms with E-state index < -0.39 is 17.9 Å². The third-order valence-corrected chi connectivity index (χ3v) is 3.33. The zero-order chi connectivity index (χ0) is 18.1. The van der Waals surface area contributed by atoms with Crippen LogP contribution in [0.5, 0.6) is 17.2 Å². The van der Waals surface area contributed by atoms with Crippen LogP contribution in [0.1, 0.15) is 18.9 Å². The lowest BCUT2D eigenvalue weighted by molar-refractivity contribution is -0.141. The Morgan fingerprint density at radius 1 is 1.17 bits per heavy atom. The van der Waals surface area contributed by atoms with E-state index >= 15 is 0 Å². The van der Waals surface area contributed by atoms with Crippen molar-refractivity contribution in [1.29, 1.82) is 0 Å². The van der Waals surface area contributed by atoms with E-state index in [0.29, 0.717) is 22.8 Å². The number of benzene rings is 1. The van der Waals surface area contributed by atoms with Crippen molar-refractivity contribution in [1.82, 2.24) is 5.32 Å². The van der Waals surface area contributed by atoms with Gasteiger partial charge in [-0.2, -0.15) is 0 Å². The molecule has 7 nitrogen and oxygen atoms in total. The highest BCUT2D eigenvalue weighted by Gasteiger charge is 2.20. The molecule has 0 aromatic heterocycles. The highest BCUT2D eigenvalue weighted by atomic mass is 16.5. The molecule has 0 fully saturated rings. The van der Waals surface area contributed by atoms with Gasteiger partial charge in [-0.15, -0.1) is 0 Å². The largest absolute Gasteiger partial charge is 0.493 e. The molecule has 0 radical (unpaired) electrons. The first-order valence-electron chi connectivity index (χ1n) is 7.39. The fourth-order valence-electron chi connectivity index (χ4n) is 2.16. The smallest absolute Gasteiger partial charge is 0.326 e. The molecule has 0 bridgehead atoms. The second-order valence-electron chi connectivity index (χ2n) is 4.97. The maximum atomic E-state index is 12.1. The number of carboxylic acids is 1. The van der Waals surface area contributed by atoms with Gasteiger partial charge in [0.1, 0.15) is 6.04 Å². The minimum absolute atomic E-state index is 0.00364. The van der Waals surface area contributed by atoms with Crippen molar-refractivity contribution < 1.29 is 28.9 Å². The molecule has 1 atom stereocenters. The molecule has 0 aliphatic heterocycles. The van der Waals surface area contributed by atoms with Gasteiger partial charge in [-0.25, -0.2) is 4.79 Å². The molecule has 1 amide bonds. The van der Waals surface area contributed by atoms with Gasteiger partial charge >= 0.3 is 5.97 Å². The molecule has 1 rings (SSSR count). The lowest BCUT2D eigenvalue weighted by Crippen LogP contribution is -2.41. The van der Waals surface area contributed by atoms with Gasteiger partial charge < -0.3 is 24.6 Å². The van der Waals surface area contributed by atoms with Gasteiger partial charge in [-0.05, 0) is 31.0 Å². The Bertz CT molecular complexity index is 586. The Balaban J connectivity index is 2.91. The number of carboxylic acid groups (broad SMARTS) is 1. The van der Waals surface area contributed by atoms with Gasteiger partial charge in [0, 0.05) is 0 Å². The van der Waals surface area contributed by atoms with E-state index in [4.69, 9.17) is 19.3 Å². The average Bonchev–Trinajstić information content (AvgIpc) is 2.57. The average molecular weight is 337 g/mol. The van der Waals surface area contributed by atoms with Gasteiger partial charge in [0.2, 0.25) is 11.7 Å². The number of carbonyl (C=O) groups excluding carboxylic acids is 1. The topological polar surface area (TPSA) is 94.1 Å². The summed E-state index contributed by atoms with van der Waals surface area (Å²) in [6.45, 7) is 1.79. The van der Waals surface area contributed by atoms with Gasteiger partial charge in [0.15, 0.2) is 11.5 Å². The standard InChI is InChI=1S/C17H23NO6/c1-5-6-7-12(17(20)21)18-15(19)10-11-8-13(22-2)16(24-4)14(9-11)23-3/h5-6,8-9,12H,7,10H2,1-4H3,(H,18,19)(H,20,21)/b6-5+. The van der Waals surface area contributed by atoms with Crippen LogP contribution in [0.3, 0.4) is 0 Å². The van der Waals surface area contributed by atoms with Gasteiger partial charge in [-0.1, -0.05) is 12.2 Å². The molecular weight excluding hydrogens is 314 g/mol. The maximum Gasteiger partial charge on any atom is 0.326 e. The number of rotatable bonds is 9. The molecule has 2 N–H and O–H groups in total. The van der Waals surface area contributed by atoms with Gasteiger partial charge in [0.05, 0.1) is 27.8 Å². The number of hydrogen-bond donors (Lipinski definition) is 2. The number of methoxy groups -OCH3 is 3. The van der Waals surface area contributed by atoms with Crippen molar-refractivity contribution in [2.75, 3.05) is 21.3 Å². The third-order valence-electron chi connectivity index (χ3n) is 3.33. The highest BCUT2D eigenvalue weighted by Crippen LogP contribution is 2.38. The maximum absolute atomic E-state index is 12.1. The Morgan fingerprint density at radius 3 is 2.17 bits per heavy atom. The number of ether oxygens (including phenoxy) is 3. The Hall–Kier alpha value is -2.70. The Kier molecular flexibility index (Phi) is 7.61. The second kappa shape index (κ2) is 9.44. The van der Waals surface area contributed by atoms with Crippen LogP contribution in [0.25, 0.3) is 0 Å². The van der Waals surface area contributed by atoms with Crippen LogP contribution in [0, 0.1) is 0 Å². The Morgan fingerprint density at radius 2 is 1.75 bits per heavy atom. The first kappa shape index (κ1) is 19.3. The van der Waals surface area contributed by atoms with Crippen LogP contribution >= 0.6 is 0 Å². The minimum Gasteiger partial charge on any atom is -0.493 e. The lowest BCUT2D eigenvalue weighted by atomic mass is 10.1. The van der Waals surface area contributed by atoms with Crippen molar-refractivity contribution in [2.24, 2.45) is 0 Å². The van der Waals surface area contributed by atoms with Crippen LogP contribution in [-0.4, -0.2) is 44.4 Å². The van der Waals surface area contributed by atoms with Crippen molar-refractivity contribution >= 4 is 11.9 Å². The number of allylic oxidation sites excluding steroid dienone is 1. The van der Waals surface area contributed by atoms with Crippen molar-refractivity contribution in [3.05, 3.63) is 29.8 Å². The first-order valence-corrected chi connectivity index (χ1v) is 7.39. The molecule has 0 heterocycles. The fraction of sp³-hybridized carbons (Fsp3) is 0.412. The van der Waals surface area contributed by atoms with Crippen LogP contribution < -0.4 is 19.5 Å². The van der Waals surface area contributed by atoms with Crippen LogP contribution in [0.2, 0.25) is 0 Å². The zero-order valence-corrected chi connectivity index (χ0v) is 14.3. The summed E-state index contributed by atoms with van der Waals surface area (Å²) < 4.78 is 15.7. The monoisotopic (exact) mass is 337 g/mol. The van der Waals surface area contributed by atoms with E-state index in [1.807, 2.05) is 0 Å². The van der Waals surface area contributed by atoms with E-state index in [1.165, 1.54) is 21.3 Å². The second-order valence-corrected chi connectivity index (χ2v) is 4.97. The molecule has 1 aromatic rings. The molecule has 1 unspecified atom stereocenters. The van der Waals surface area contributed by atoms with Gasteiger partial charge in [-0.3, -0.25) is 4.79 Å². The molecule has 24 heavy (non-hydrogen) atoms. The summed E-state index contributed by atoms with van der Waals surface area (Å²) in [7, 11) is 4.46. The van der Waals surface area contributed by atoms with E-state index in [9.17, 15) is 9.59 Å². The highest BCUT2D eigenvalue weighted by molar-refractivity contribution is 5.85. The van der Waals surface area contributed by atoms with E-state index in [2.05, 4.69) is 5.32 Å². The number of aliphatic carboxylic acids is 1. The van der Waals surface area contributed by atoms with Crippen LogP contribution in [-0.2, 0) is 16.0 Å². The summed E-state index contributed by atoms with van der Waals surface area (Å²) in [6, 6.07) is 2.35. The molecule has 0 aliphatic carbocycles. The van der Waals surface area contributed by atoms with Gasteiger partial charge in [0.25, 0.3) is 0 Å². The summed E-state index contributed by atoms with van der Waals surface area (Å²) in [6.07, 6.45) is 3.66. The molecule has 1 aromatic carbocycles. The molecular formula is C17H23NO6. The normalized spacial score (nSPS) is 11.8. The summed E-state index contributed by atoms with van der Waals surface area (Å²) in [5.41, 5.74) is 0.622. The van der Waals surface area contributed by atoms with E-state index in [0.717, 1.165) is 0 Å². The number of nitrogens with one attached hydrogen (secondary N) is 1. The van der Waals surface area contributed by atoms with Crippen molar-refractivity contribution in [2.45, 2.75) is 25.8 Å². The molecule has 0 aliphatic rings. The number of carbonyl (C=O) groups is 2. The minimum atomic E-state index is -1.08. The van der Waals surface area contributed by atoms with E-state index in [1.54, 1.807) is 31.2 Å². The summed E-state index contributed by atoms with van der Waals surface area (Å²) in [5.74, 6) is -0.181. The predicted octanol–water partition coefficient (Wildman–Crippen LogP) is 1.79. The van der Waals surface area contributed by atoms with E-state index in [-0.39, 0.29) is 12.8 Å². The molecule has 132 valence electrons.